The van der Waals surface area contributed by atoms with Gasteiger partial charge in [0.1, 0.15) is 5.82 Å². The van der Waals surface area contributed by atoms with Crippen molar-refractivity contribution in [2.45, 2.75) is 18.2 Å². The Balaban J connectivity index is 2.34. The Kier molecular flexibility index (Phi) is 3.84. The van der Waals surface area contributed by atoms with Crippen molar-refractivity contribution < 1.29 is 22.7 Å². The molecule has 0 unspecified atom stereocenters. The summed E-state index contributed by atoms with van der Waals surface area (Å²) in [5, 5.41) is 9.53. The summed E-state index contributed by atoms with van der Waals surface area (Å²) in [6.07, 6.45) is 1.09. The normalized spacial score (nSPS) is 11.8. The average Bonchev–Trinajstić information content (AvgIpc) is 2.80. The summed E-state index contributed by atoms with van der Waals surface area (Å²) in [5.41, 5.74) is 0.733. The third-order valence-corrected chi connectivity index (χ3v) is 5.49. The van der Waals surface area contributed by atoms with Crippen molar-refractivity contribution >= 4 is 27.0 Å². The number of carboxylic acids is 1. The molecule has 2 aromatic heterocycles. The third-order valence-electron chi connectivity index (χ3n) is 3.71. The molecule has 0 aliphatic rings. The fourth-order valence-corrected chi connectivity index (χ4v) is 4.24. The van der Waals surface area contributed by atoms with Gasteiger partial charge in [-0.05, 0) is 42.8 Å². The fourth-order valence-electron chi connectivity index (χ4n) is 2.67. The molecule has 0 amide bonds. The zero-order chi connectivity index (χ0) is 17.5. The summed E-state index contributed by atoms with van der Waals surface area (Å²) in [7, 11) is -4.11. The Morgan fingerprint density at radius 3 is 2.71 bits per heavy atom. The van der Waals surface area contributed by atoms with Crippen LogP contribution in [0.1, 0.15) is 11.3 Å². The van der Waals surface area contributed by atoms with Crippen molar-refractivity contribution in [2.24, 2.45) is 0 Å². The van der Waals surface area contributed by atoms with Gasteiger partial charge in [0.25, 0.3) is 10.0 Å². The number of fused-ring (bicyclic) bond motifs is 1. The number of aromatic nitrogens is 2. The van der Waals surface area contributed by atoms with Crippen LogP contribution in [-0.4, -0.2) is 28.5 Å². The number of hydrogen-bond donors (Lipinski definition) is 1. The molecule has 8 heteroatoms. The van der Waals surface area contributed by atoms with Gasteiger partial charge in [0, 0.05) is 17.3 Å². The summed E-state index contributed by atoms with van der Waals surface area (Å²) in [4.78, 5) is 15.0. The highest BCUT2D eigenvalue weighted by atomic mass is 32.2. The van der Waals surface area contributed by atoms with E-state index in [-0.39, 0.29) is 22.7 Å². The van der Waals surface area contributed by atoms with Crippen LogP contribution >= 0.6 is 0 Å². The summed E-state index contributed by atoms with van der Waals surface area (Å²) in [6.45, 7) is 1.51. The van der Waals surface area contributed by atoms with Gasteiger partial charge in [-0.15, -0.1) is 0 Å². The molecule has 3 rings (SSSR count). The van der Waals surface area contributed by atoms with E-state index in [0.717, 1.165) is 16.1 Å². The monoisotopic (exact) mass is 348 g/mol. The van der Waals surface area contributed by atoms with E-state index in [4.69, 9.17) is 5.11 Å². The molecule has 3 aromatic rings. The molecular formula is C16H13FN2O4S. The zero-order valence-electron chi connectivity index (χ0n) is 12.6. The fraction of sp³-hybridized carbons (Fsp3) is 0.125. The molecule has 0 fully saturated rings. The Bertz CT molecular complexity index is 1060. The Morgan fingerprint density at radius 2 is 2.04 bits per heavy atom. The summed E-state index contributed by atoms with van der Waals surface area (Å²) >= 11 is 0. The number of halogens is 1. The minimum Gasteiger partial charge on any atom is -0.481 e. The number of aliphatic carboxylic acids is 1. The van der Waals surface area contributed by atoms with Gasteiger partial charge >= 0.3 is 5.97 Å². The zero-order valence-corrected chi connectivity index (χ0v) is 13.4. The molecule has 0 aliphatic heterocycles. The summed E-state index contributed by atoms with van der Waals surface area (Å²) < 4.78 is 40.3. The molecule has 124 valence electrons. The van der Waals surface area contributed by atoms with Gasteiger partial charge in [0.05, 0.1) is 11.3 Å². The van der Waals surface area contributed by atoms with Gasteiger partial charge in [0.2, 0.25) is 0 Å². The minimum absolute atomic E-state index is 0.121. The van der Waals surface area contributed by atoms with Gasteiger partial charge < -0.3 is 5.11 Å². The lowest BCUT2D eigenvalue weighted by Crippen LogP contribution is -2.15. The van der Waals surface area contributed by atoms with E-state index in [9.17, 15) is 17.6 Å². The van der Waals surface area contributed by atoms with Crippen molar-refractivity contribution in [3.8, 4) is 0 Å². The second-order valence-corrected chi connectivity index (χ2v) is 7.02. The molecule has 0 atom stereocenters. The molecule has 0 radical (unpaired) electrons. The molecular weight excluding hydrogens is 335 g/mol. The standard InChI is InChI=1S/C16H13FN2O4S/c1-10-14(9-15(20)21)13-6-3-7-18-16(13)19(10)24(22,23)12-5-2-4-11(17)8-12/h2-8H,9H2,1H3,(H,20,21). The van der Waals surface area contributed by atoms with E-state index in [1.165, 1.54) is 25.3 Å². The van der Waals surface area contributed by atoms with Crippen molar-refractivity contribution in [3.63, 3.8) is 0 Å². The molecule has 24 heavy (non-hydrogen) atoms. The Hall–Kier alpha value is -2.74. The first-order valence-corrected chi connectivity index (χ1v) is 8.44. The second-order valence-electron chi connectivity index (χ2n) is 5.24. The van der Waals surface area contributed by atoms with Crippen molar-refractivity contribution in [1.82, 2.24) is 8.96 Å². The molecule has 0 spiro atoms. The molecule has 1 N–H and O–H groups in total. The largest absolute Gasteiger partial charge is 0.481 e. The molecule has 0 saturated heterocycles. The molecule has 2 heterocycles. The van der Waals surface area contributed by atoms with E-state index < -0.39 is 21.8 Å². The van der Waals surface area contributed by atoms with Gasteiger partial charge in [-0.25, -0.2) is 21.8 Å². The minimum atomic E-state index is -4.11. The van der Waals surface area contributed by atoms with E-state index >= 15 is 0 Å². The molecule has 0 saturated carbocycles. The first-order valence-electron chi connectivity index (χ1n) is 7.00. The van der Waals surface area contributed by atoms with E-state index in [0.29, 0.717) is 10.9 Å². The van der Waals surface area contributed by atoms with Crippen molar-refractivity contribution in [2.75, 3.05) is 0 Å². The smallest absolute Gasteiger partial charge is 0.307 e. The first kappa shape index (κ1) is 16.1. The highest BCUT2D eigenvalue weighted by Gasteiger charge is 2.26. The highest BCUT2D eigenvalue weighted by molar-refractivity contribution is 7.90. The van der Waals surface area contributed by atoms with E-state index in [2.05, 4.69) is 4.98 Å². The topological polar surface area (TPSA) is 89.3 Å². The van der Waals surface area contributed by atoms with Crippen LogP contribution in [0.4, 0.5) is 4.39 Å². The maximum absolute atomic E-state index is 13.4. The van der Waals surface area contributed by atoms with Crippen LogP contribution in [0.15, 0.2) is 47.5 Å². The number of benzene rings is 1. The SMILES string of the molecule is Cc1c(CC(=O)O)c2cccnc2n1S(=O)(=O)c1cccc(F)c1. The average molecular weight is 348 g/mol. The lowest BCUT2D eigenvalue weighted by molar-refractivity contribution is -0.136. The number of hydrogen-bond acceptors (Lipinski definition) is 4. The van der Waals surface area contributed by atoms with Gasteiger partial charge in [0.15, 0.2) is 5.65 Å². The van der Waals surface area contributed by atoms with Crippen LogP contribution < -0.4 is 0 Å². The molecule has 1 aromatic carbocycles. The summed E-state index contributed by atoms with van der Waals surface area (Å²) in [6, 6.07) is 7.87. The molecule has 0 aliphatic carbocycles. The van der Waals surface area contributed by atoms with Crippen LogP contribution in [-0.2, 0) is 21.2 Å². The number of nitrogens with zero attached hydrogens (tertiary/aromatic N) is 2. The number of pyridine rings is 1. The highest BCUT2D eigenvalue weighted by Crippen LogP contribution is 2.29. The molecule has 0 bridgehead atoms. The number of carboxylic acid groups (broad SMARTS) is 1. The number of rotatable bonds is 4. The first-order chi connectivity index (χ1) is 11.3. The van der Waals surface area contributed by atoms with Crippen LogP contribution in [0, 0.1) is 12.7 Å². The van der Waals surface area contributed by atoms with Crippen molar-refractivity contribution in [1.29, 1.82) is 0 Å². The summed E-state index contributed by atoms with van der Waals surface area (Å²) in [5.74, 6) is -1.76. The number of carbonyl (C=O) groups is 1. The van der Waals surface area contributed by atoms with Crippen LogP contribution in [0.25, 0.3) is 11.0 Å². The lowest BCUT2D eigenvalue weighted by Gasteiger charge is -2.09. The Labute approximate surface area is 137 Å². The van der Waals surface area contributed by atoms with Crippen molar-refractivity contribution in [3.05, 3.63) is 59.7 Å². The lowest BCUT2D eigenvalue weighted by atomic mass is 10.1. The Morgan fingerprint density at radius 1 is 1.29 bits per heavy atom. The van der Waals surface area contributed by atoms with Crippen LogP contribution in [0.5, 0.6) is 0 Å². The van der Waals surface area contributed by atoms with Gasteiger partial charge in [-0.3, -0.25) is 4.79 Å². The van der Waals surface area contributed by atoms with E-state index in [1.807, 2.05) is 0 Å². The second kappa shape index (κ2) is 5.72. The predicted molar refractivity (Wildman–Crippen MR) is 84.8 cm³/mol. The quantitative estimate of drug-likeness (QED) is 0.782. The van der Waals surface area contributed by atoms with Crippen LogP contribution in [0.3, 0.4) is 0 Å². The maximum atomic E-state index is 13.4. The van der Waals surface area contributed by atoms with Gasteiger partial charge in [-0.1, -0.05) is 6.07 Å². The van der Waals surface area contributed by atoms with E-state index in [1.54, 1.807) is 12.1 Å². The van der Waals surface area contributed by atoms with Crippen LogP contribution in [0.2, 0.25) is 0 Å². The van der Waals surface area contributed by atoms with Gasteiger partial charge in [-0.2, -0.15) is 0 Å². The molecule has 6 nitrogen and oxygen atoms in total. The maximum Gasteiger partial charge on any atom is 0.307 e. The third kappa shape index (κ3) is 2.54. The predicted octanol–water partition coefficient (Wildman–Crippen LogP) is 2.35.